The summed E-state index contributed by atoms with van der Waals surface area (Å²) in [5.41, 5.74) is -0.935. The van der Waals surface area contributed by atoms with Gasteiger partial charge in [-0.05, 0) is 0 Å². The quantitative estimate of drug-likeness (QED) is 0.423. The lowest BCUT2D eigenvalue weighted by molar-refractivity contribution is -0.491. The van der Waals surface area contributed by atoms with Crippen LogP contribution in [0.4, 0.5) is 5.95 Å². The molecule has 0 saturated carbocycles. The lowest BCUT2D eigenvalue weighted by Gasteiger charge is -2.08. The predicted octanol–water partition coefficient (Wildman–Crippen LogP) is -0.723. The Bertz CT molecular complexity index is 658. The van der Waals surface area contributed by atoms with E-state index in [1.165, 1.54) is 6.33 Å². The van der Waals surface area contributed by atoms with Crippen molar-refractivity contribution < 1.29 is 5.03 Å². The average molecular weight is 239 g/mol. The van der Waals surface area contributed by atoms with Gasteiger partial charge in [0.15, 0.2) is 16.2 Å². The number of hydrogen-bond acceptors (Lipinski definition) is 7. The van der Waals surface area contributed by atoms with Crippen LogP contribution in [0.25, 0.3) is 11.2 Å². The molecule has 11 nitrogen and oxygen atoms in total. The van der Waals surface area contributed by atoms with Crippen LogP contribution < -0.4 is 10.6 Å². The Morgan fingerprint density at radius 2 is 2.35 bits per heavy atom. The summed E-state index contributed by atoms with van der Waals surface area (Å²) in [7, 11) is 1.03. The normalized spacial score (nSPS) is 10.4. The van der Waals surface area contributed by atoms with Crippen molar-refractivity contribution in [1.82, 2.24) is 19.6 Å². The fraction of sp³-hybridized carbons (Fsp3) is 0.167. The summed E-state index contributed by atoms with van der Waals surface area (Å²) >= 11 is 0. The molecule has 0 aliphatic carbocycles. The minimum absolute atomic E-state index is 0.0291. The number of nitro groups is 1. The standard InChI is InChI=1S/C6H5N7O4/c1-11(13(16)17)6-9-4-3(7-2-8-4)5(14)12(6)10-15/h2H,1H3,(H,7,8). The first-order valence-electron chi connectivity index (χ1n) is 4.24. The molecule has 0 aliphatic heterocycles. The molecule has 0 saturated heterocycles. The number of aromatic nitrogens is 4. The van der Waals surface area contributed by atoms with Crippen molar-refractivity contribution in [2.45, 2.75) is 0 Å². The fourth-order valence-electron chi connectivity index (χ4n) is 1.22. The fourth-order valence-corrected chi connectivity index (χ4v) is 1.22. The van der Waals surface area contributed by atoms with Gasteiger partial charge in [-0.2, -0.15) is 4.98 Å². The molecule has 0 amide bonds. The first kappa shape index (κ1) is 10.7. The third-order valence-corrected chi connectivity index (χ3v) is 2.04. The molecular formula is C6H5N7O4. The van der Waals surface area contributed by atoms with Crippen LogP contribution in [0.5, 0.6) is 0 Å². The van der Waals surface area contributed by atoms with Crippen molar-refractivity contribution in [2.75, 3.05) is 12.1 Å². The Morgan fingerprint density at radius 3 is 2.94 bits per heavy atom. The van der Waals surface area contributed by atoms with E-state index in [-0.39, 0.29) is 15.8 Å². The minimum atomic E-state index is -0.855. The van der Waals surface area contributed by atoms with E-state index in [0.717, 1.165) is 7.05 Å². The number of nitrogens with zero attached hydrogens (tertiary/aromatic N) is 6. The third kappa shape index (κ3) is 1.49. The zero-order valence-corrected chi connectivity index (χ0v) is 8.39. The third-order valence-electron chi connectivity index (χ3n) is 2.04. The summed E-state index contributed by atoms with van der Waals surface area (Å²) in [6.45, 7) is 0. The number of hydrazine groups is 1. The zero-order chi connectivity index (χ0) is 12.6. The molecule has 0 atom stereocenters. The average Bonchev–Trinajstić information content (AvgIpc) is 2.76. The SMILES string of the molecule is CN(c1nc2nc[nH]c2c(=O)n1N=O)[N+](=O)[O-]. The van der Waals surface area contributed by atoms with Gasteiger partial charge in [0.25, 0.3) is 5.95 Å². The van der Waals surface area contributed by atoms with Crippen LogP contribution in [0.3, 0.4) is 0 Å². The van der Waals surface area contributed by atoms with Crippen molar-refractivity contribution in [1.29, 1.82) is 0 Å². The van der Waals surface area contributed by atoms with Crippen molar-refractivity contribution in [3.63, 3.8) is 0 Å². The molecule has 2 aromatic heterocycles. The monoisotopic (exact) mass is 239 g/mol. The molecule has 0 spiro atoms. The summed E-state index contributed by atoms with van der Waals surface area (Å²) in [6.07, 6.45) is 1.18. The summed E-state index contributed by atoms with van der Waals surface area (Å²) in [5, 5.41) is 12.5. The number of hydrogen-bond donors (Lipinski definition) is 1. The number of nitrogens with one attached hydrogen (secondary N) is 1. The lowest BCUT2D eigenvalue weighted by Crippen LogP contribution is -2.32. The Kier molecular flexibility index (Phi) is 2.27. The highest BCUT2D eigenvalue weighted by atomic mass is 16.7. The molecule has 88 valence electrons. The van der Waals surface area contributed by atoms with Crippen molar-refractivity contribution in [3.05, 3.63) is 31.7 Å². The van der Waals surface area contributed by atoms with Crippen LogP contribution in [-0.4, -0.2) is 31.7 Å². The minimum Gasteiger partial charge on any atom is -0.339 e. The maximum absolute atomic E-state index is 11.7. The van der Waals surface area contributed by atoms with Gasteiger partial charge in [-0.3, -0.25) is 4.79 Å². The molecule has 0 fully saturated rings. The first-order chi connectivity index (χ1) is 8.06. The summed E-state index contributed by atoms with van der Waals surface area (Å²) in [5.74, 6) is -0.519. The first-order valence-corrected chi connectivity index (χ1v) is 4.24. The predicted molar refractivity (Wildman–Crippen MR) is 54.7 cm³/mol. The second kappa shape index (κ2) is 3.62. The topological polar surface area (TPSA) is 139 Å². The van der Waals surface area contributed by atoms with E-state index >= 15 is 0 Å². The number of H-pyrrole nitrogens is 1. The van der Waals surface area contributed by atoms with Gasteiger partial charge in [-0.25, -0.2) is 15.1 Å². The summed E-state index contributed by atoms with van der Waals surface area (Å²) in [4.78, 5) is 42.6. The second-order valence-electron chi connectivity index (χ2n) is 2.97. The highest BCUT2D eigenvalue weighted by Crippen LogP contribution is 2.10. The number of fused-ring (bicyclic) bond motifs is 1. The van der Waals surface area contributed by atoms with Gasteiger partial charge in [0, 0.05) is 0 Å². The Hall–Kier alpha value is -2.85. The highest BCUT2D eigenvalue weighted by molar-refractivity contribution is 5.69. The van der Waals surface area contributed by atoms with Gasteiger partial charge < -0.3 is 4.98 Å². The largest absolute Gasteiger partial charge is 0.339 e. The van der Waals surface area contributed by atoms with Crippen LogP contribution in [-0.2, 0) is 0 Å². The van der Waals surface area contributed by atoms with E-state index in [1.807, 2.05) is 0 Å². The highest BCUT2D eigenvalue weighted by Gasteiger charge is 2.22. The molecule has 2 aromatic rings. The van der Waals surface area contributed by atoms with Crippen molar-refractivity contribution >= 4 is 17.1 Å². The van der Waals surface area contributed by atoms with E-state index < -0.39 is 16.5 Å². The zero-order valence-electron chi connectivity index (χ0n) is 8.39. The molecule has 0 aliphatic rings. The smallest absolute Gasteiger partial charge is 0.304 e. The molecule has 0 radical (unpaired) electrons. The van der Waals surface area contributed by atoms with Crippen LogP contribution >= 0.6 is 0 Å². The van der Waals surface area contributed by atoms with Gasteiger partial charge in [0.1, 0.15) is 0 Å². The molecule has 2 rings (SSSR count). The van der Waals surface area contributed by atoms with E-state index in [2.05, 4.69) is 20.2 Å². The molecule has 17 heavy (non-hydrogen) atoms. The summed E-state index contributed by atoms with van der Waals surface area (Å²) < 4.78 is 0.281. The Labute approximate surface area is 91.8 Å². The number of anilines is 1. The van der Waals surface area contributed by atoms with E-state index in [9.17, 15) is 19.8 Å². The molecule has 1 N–H and O–H groups in total. The Balaban J connectivity index is 2.82. The van der Waals surface area contributed by atoms with E-state index in [4.69, 9.17) is 0 Å². The lowest BCUT2D eigenvalue weighted by atomic mass is 10.5. The molecular weight excluding hydrogens is 234 g/mol. The van der Waals surface area contributed by atoms with Gasteiger partial charge in [-0.1, -0.05) is 5.01 Å². The van der Waals surface area contributed by atoms with Crippen molar-refractivity contribution in [3.8, 4) is 0 Å². The maximum Gasteiger partial charge on any atom is 0.304 e. The maximum atomic E-state index is 11.7. The number of imidazole rings is 1. The Morgan fingerprint density at radius 1 is 1.65 bits per heavy atom. The van der Waals surface area contributed by atoms with Crippen LogP contribution in [0.1, 0.15) is 0 Å². The van der Waals surface area contributed by atoms with Crippen LogP contribution in [0.2, 0.25) is 0 Å². The molecule has 0 bridgehead atoms. The number of aromatic amines is 1. The van der Waals surface area contributed by atoms with Gasteiger partial charge in [-0.15, -0.1) is 9.58 Å². The van der Waals surface area contributed by atoms with E-state index in [1.54, 1.807) is 0 Å². The van der Waals surface area contributed by atoms with Crippen molar-refractivity contribution in [2.24, 2.45) is 5.29 Å². The van der Waals surface area contributed by atoms with Gasteiger partial charge in [0.2, 0.25) is 0 Å². The molecule has 11 heteroatoms. The second-order valence-corrected chi connectivity index (χ2v) is 2.97. The number of nitroso groups, excluding NO2 is 1. The number of rotatable bonds is 3. The molecule has 0 aromatic carbocycles. The molecule has 0 unspecified atom stereocenters. The molecule has 2 heterocycles. The van der Waals surface area contributed by atoms with Crippen LogP contribution in [0.15, 0.2) is 16.4 Å². The van der Waals surface area contributed by atoms with Crippen LogP contribution in [0, 0.1) is 15.0 Å². The van der Waals surface area contributed by atoms with E-state index in [0.29, 0.717) is 5.01 Å². The summed E-state index contributed by atoms with van der Waals surface area (Å²) in [6, 6.07) is 0. The van der Waals surface area contributed by atoms with Gasteiger partial charge in [0.05, 0.1) is 18.7 Å². The van der Waals surface area contributed by atoms with Gasteiger partial charge >= 0.3 is 5.56 Å².